The Balaban J connectivity index is 2.05. The van der Waals surface area contributed by atoms with Gasteiger partial charge in [0, 0.05) is 19.2 Å². The van der Waals surface area contributed by atoms with Crippen molar-refractivity contribution in [3.63, 3.8) is 0 Å². The van der Waals surface area contributed by atoms with E-state index in [9.17, 15) is 18.0 Å². The first-order chi connectivity index (χ1) is 18.6. The molecular weight excluding hydrogens is 518 g/mol. The van der Waals surface area contributed by atoms with Gasteiger partial charge in [0.15, 0.2) is 11.5 Å². The number of rotatable bonds is 12. The molecule has 0 bridgehead atoms. The number of likely N-dealkylation sites (N-methyl/N-ethyl adjacent to an activating group) is 1. The molecule has 0 aliphatic carbocycles. The molecule has 0 heterocycles. The normalized spacial score (nSPS) is 11.8. The summed E-state index contributed by atoms with van der Waals surface area (Å²) < 4.78 is 39.5. The number of hydrogen-bond acceptors (Lipinski definition) is 6. The molecule has 0 radical (unpaired) electrons. The van der Waals surface area contributed by atoms with Gasteiger partial charge in [-0.25, -0.2) is 8.42 Å². The maximum absolute atomic E-state index is 14.0. The number of para-hydroxylation sites is 1. The fraction of sp³-hybridized carbons (Fsp3) is 0.310. The van der Waals surface area contributed by atoms with Crippen LogP contribution in [0.2, 0.25) is 0 Å². The summed E-state index contributed by atoms with van der Waals surface area (Å²) in [7, 11) is -1.35. The second kappa shape index (κ2) is 13.1. The van der Waals surface area contributed by atoms with Crippen LogP contribution < -0.4 is 19.1 Å². The lowest BCUT2D eigenvalue weighted by molar-refractivity contribution is -0.139. The number of carbonyl (C=O) groups excluding carboxylic acids is 2. The Morgan fingerprint density at radius 3 is 2.18 bits per heavy atom. The molecule has 2 amide bonds. The molecule has 1 N–H and O–H groups in total. The standard InChI is InChI=1S/C29H35N3O6S/c1-6-30-29(34)22(3)31(19-23-13-11-10-12-21(23)2)28(33)20-32(24-14-8-7-9-15-24)39(35,36)25-16-17-26(37-4)27(18-25)38-5/h7-18,22H,6,19-20H2,1-5H3,(H,30,34)/t22-/m1/s1. The lowest BCUT2D eigenvalue weighted by Crippen LogP contribution is -2.51. The molecule has 0 aliphatic heterocycles. The van der Waals surface area contributed by atoms with E-state index in [0.717, 1.165) is 15.4 Å². The van der Waals surface area contributed by atoms with Gasteiger partial charge < -0.3 is 19.7 Å². The Bertz CT molecular complexity index is 1400. The van der Waals surface area contributed by atoms with Gasteiger partial charge in [-0.3, -0.25) is 13.9 Å². The molecule has 3 aromatic rings. The highest BCUT2D eigenvalue weighted by molar-refractivity contribution is 7.92. The van der Waals surface area contributed by atoms with Crippen molar-refractivity contribution in [2.45, 2.75) is 38.3 Å². The molecule has 3 aromatic carbocycles. The van der Waals surface area contributed by atoms with E-state index >= 15 is 0 Å². The van der Waals surface area contributed by atoms with Crippen LogP contribution in [0.3, 0.4) is 0 Å². The average Bonchev–Trinajstić information content (AvgIpc) is 2.95. The minimum Gasteiger partial charge on any atom is -0.493 e. The third-order valence-electron chi connectivity index (χ3n) is 6.39. The molecule has 0 spiro atoms. The quantitative estimate of drug-likeness (QED) is 0.366. The number of nitrogens with one attached hydrogen (secondary N) is 1. The number of hydrogen-bond donors (Lipinski definition) is 1. The molecule has 0 unspecified atom stereocenters. The Morgan fingerprint density at radius 1 is 0.923 bits per heavy atom. The summed E-state index contributed by atoms with van der Waals surface area (Å²) in [6, 6.07) is 19.4. The Kier molecular flexibility index (Phi) is 9.95. The van der Waals surface area contributed by atoms with Crippen molar-refractivity contribution in [3.8, 4) is 11.5 Å². The zero-order valence-electron chi connectivity index (χ0n) is 22.9. The van der Waals surface area contributed by atoms with Gasteiger partial charge in [-0.05, 0) is 56.2 Å². The van der Waals surface area contributed by atoms with Crippen LogP contribution in [0.5, 0.6) is 11.5 Å². The van der Waals surface area contributed by atoms with Crippen LogP contribution in [-0.4, -0.2) is 58.5 Å². The van der Waals surface area contributed by atoms with E-state index in [2.05, 4.69) is 5.32 Å². The second-order valence-electron chi connectivity index (χ2n) is 8.88. The lowest BCUT2D eigenvalue weighted by atomic mass is 10.1. The molecule has 3 rings (SSSR count). The number of methoxy groups -OCH3 is 2. The molecule has 9 nitrogen and oxygen atoms in total. The van der Waals surface area contributed by atoms with Crippen LogP contribution in [0, 0.1) is 6.92 Å². The van der Waals surface area contributed by atoms with Crippen LogP contribution in [0.15, 0.2) is 77.7 Å². The van der Waals surface area contributed by atoms with E-state index in [-0.39, 0.29) is 23.1 Å². The first-order valence-corrected chi connectivity index (χ1v) is 14.0. The van der Waals surface area contributed by atoms with Crippen molar-refractivity contribution in [2.75, 3.05) is 31.6 Å². The Labute approximate surface area is 230 Å². The molecule has 10 heteroatoms. The van der Waals surface area contributed by atoms with E-state index < -0.39 is 28.5 Å². The second-order valence-corrected chi connectivity index (χ2v) is 10.7. The number of anilines is 1. The van der Waals surface area contributed by atoms with Crippen molar-refractivity contribution < 1.29 is 27.5 Å². The van der Waals surface area contributed by atoms with Crippen molar-refractivity contribution in [1.82, 2.24) is 10.2 Å². The summed E-state index contributed by atoms with van der Waals surface area (Å²) in [5.74, 6) is -0.235. The lowest BCUT2D eigenvalue weighted by Gasteiger charge is -2.32. The van der Waals surface area contributed by atoms with Crippen LogP contribution in [0.4, 0.5) is 5.69 Å². The number of ether oxygens (including phenoxy) is 2. The van der Waals surface area contributed by atoms with E-state index in [0.29, 0.717) is 18.0 Å². The van der Waals surface area contributed by atoms with E-state index in [1.165, 1.54) is 37.3 Å². The third kappa shape index (κ3) is 6.88. The summed E-state index contributed by atoms with van der Waals surface area (Å²) in [5, 5.41) is 2.76. The maximum atomic E-state index is 14.0. The average molecular weight is 554 g/mol. The van der Waals surface area contributed by atoms with Crippen molar-refractivity contribution in [2.24, 2.45) is 0 Å². The molecule has 0 aliphatic rings. The van der Waals surface area contributed by atoms with Crippen LogP contribution in [0.25, 0.3) is 0 Å². The summed E-state index contributed by atoms with van der Waals surface area (Å²) in [6.45, 7) is 5.38. The Morgan fingerprint density at radius 2 is 1.56 bits per heavy atom. The zero-order valence-corrected chi connectivity index (χ0v) is 23.7. The van der Waals surface area contributed by atoms with Crippen LogP contribution in [-0.2, 0) is 26.2 Å². The summed E-state index contributed by atoms with van der Waals surface area (Å²) >= 11 is 0. The first kappa shape index (κ1) is 29.5. The minimum atomic E-state index is -4.23. The van der Waals surface area contributed by atoms with E-state index in [1.54, 1.807) is 44.2 Å². The van der Waals surface area contributed by atoms with E-state index in [4.69, 9.17) is 9.47 Å². The number of nitrogens with zero attached hydrogens (tertiary/aromatic N) is 2. The number of amides is 2. The van der Waals surface area contributed by atoms with Crippen molar-refractivity contribution in [3.05, 3.63) is 83.9 Å². The van der Waals surface area contributed by atoms with Crippen molar-refractivity contribution in [1.29, 1.82) is 0 Å². The fourth-order valence-electron chi connectivity index (χ4n) is 4.10. The zero-order chi connectivity index (χ0) is 28.6. The van der Waals surface area contributed by atoms with Gasteiger partial charge in [-0.15, -0.1) is 0 Å². The maximum Gasteiger partial charge on any atom is 0.264 e. The molecule has 39 heavy (non-hydrogen) atoms. The highest BCUT2D eigenvalue weighted by atomic mass is 32.2. The topological polar surface area (TPSA) is 105 Å². The number of sulfonamides is 1. The molecular formula is C29H35N3O6S. The number of carbonyl (C=O) groups is 2. The molecule has 0 saturated heterocycles. The molecule has 0 fully saturated rings. The third-order valence-corrected chi connectivity index (χ3v) is 8.16. The summed E-state index contributed by atoms with van der Waals surface area (Å²) in [5.41, 5.74) is 2.12. The molecule has 208 valence electrons. The van der Waals surface area contributed by atoms with Gasteiger partial charge in [0.05, 0.1) is 24.8 Å². The predicted molar refractivity (Wildman–Crippen MR) is 150 cm³/mol. The largest absolute Gasteiger partial charge is 0.493 e. The minimum absolute atomic E-state index is 0.0703. The van der Waals surface area contributed by atoms with Gasteiger partial charge in [0.25, 0.3) is 10.0 Å². The highest BCUT2D eigenvalue weighted by Gasteiger charge is 2.33. The molecule has 0 saturated carbocycles. The van der Waals surface area contributed by atoms with Gasteiger partial charge in [-0.1, -0.05) is 42.5 Å². The number of benzene rings is 3. The predicted octanol–water partition coefficient (Wildman–Crippen LogP) is 3.76. The summed E-state index contributed by atoms with van der Waals surface area (Å²) in [4.78, 5) is 28.0. The smallest absolute Gasteiger partial charge is 0.264 e. The first-order valence-electron chi connectivity index (χ1n) is 12.6. The monoisotopic (exact) mass is 553 g/mol. The van der Waals surface area contributed by atoms with Crippen LogP contribution >= 0.6 is 0 Å². The van der Waals surface area contributed by atoms with Gasteiger partial charge in [0.1, 0.15) is 12.6 Å². The highest BCUT2D eigenvalue weighted by Crippen LogP contribution is 2.32. The summed E-state index contributed by atoms with van der Waals surface area (Å²) in [6.07, 6.45) is 0. The fourth-order valence-corrected chi connectivity index (χ4v) is 5.53. The van der Waals surface area contributed by atoms with Gasteiger partial charge in [0.2, 0.25) is 11.8 Å². The van der Waals surface area contributed by atoms with Crippen molar-refractivity contribution >= 4 is 27.5 Å². The Hall–Kier alpha value is -4.05. The van der Waals surface area contributed by atoms with Gasteiger partial charge >= 0.3 is 0 Å². The van der Waals surface area contributed by atoms with Gasteiger partial charge in [-0.2, -0.15) is 0 Å². The van der Waals surface area contributed by atoms with Crippen LogP contribution in [0.1, 0.15) is 25.0 Å². The van der Waals surface area contributed by atoms with E-state index in [1.807, 2.05) is 31.2 Å². The number of aryl methyl sites for hydroxylation is 1. The SMILES string of the molecule is CCNC(=O)[C@@H](C)N(Cc1ccccc1C)C(=O)CN(c1ccccc1)S(=O)(=O)c1ccc(OC)c(OC)c1. The molecule has 0 aromatic heterocycles. The molecule has 1 atom stereocenters.